The van der Waals surface area contributed by atoms with Crippen LogP contribution in [-0.4, -0.2) is 49.5 Å². The second-order valence-corrected chi connectivity index (χ2v) is 5.71. The molecule has 0 spiro atoms. The molecule has 7 heteroatoms. The highest BCUT2D eigenvalue weighted by Crippen LogP contribution is 2.16. The van der Waals surface area contributed by atoms with E-state index >= 15 is 0 Å². The summed E-state index contributed by atoms with van der Waals surface area (Å²) in [4.78, 5) is 23.1. The van der Waals surface area contributed by atoms with Crippen LogP contribution >= 0.6 is 0 Å². The zero-order valence-corrected chi connectivity index (χ0v) is 13.4. The van der Waals surface area contributed by atoms with Gasteiger partial charge in [0.2, 0.25) is 5.91 Å². The maximum absolute atomic E-state index is 12.9. The highest BCUT2D eigenvalue weighted by atomic mass is 19.1. The molecular weight excluding hydrogens is 317 g/mol. The number of hydrogen-bond donors (Lipinski definition) is 2. The number of aliphatic carboxylic acids is 1. The molecule has 0 bridgehead atoms. The predicted octanol–water partition coefficient (Wildman–Crippen LogP) is 1.70. The van der Waals surface area contributed by atoms with Crippen molar-refractivity contribution < 1.29 is 28.6 Å². The van der Waals surface area contributed by atoms with E-state index in [0.717, 1.165) is 19.4 Å². The summed E-state index contributed by atoms with van der Waals surface area (Å²) in [7, 11) is 0. The van der Waals surface area contributed by atoms with Gasteiger partial charge in [-0.05, 0) is 30.5 Å². The summed E-state index contributed by atoms with van der Waals surface area (Å²) in [5.74, 6) is -2.70. The molecule has 1 aromatic rings. The highest BCUT2D eigenvalue weighted by Gasteiger charge is 2.21. The van der Waals surface area contributed by atoms with Crippen LogP contribution in [0.25, 0.3) is 0 Å². The lowest BCUT2D eigenvalue weighted by atomic mass is 9.99. The Labute approximate surface area is 139 Å². The Morgan fingerprint density at radius 1 is 1.38 bits per heavy atom. The van der Waals surface area contributed by atoms with Crippen molar-refractivity contribution in [2.45, 2.75) is 31.3 Å². The first-order valence-electron chi connectivity index (χ1n) is 8.00. The van der Waals surface area contributed by atoms with E-state index < -0.39 is 17.7 Å². The molecule has 0 aromatic heterocycles. The average Bonchev–Trinajstić information content (AvgIpc) is 3.06. The van der Waals surface area contributed by atoms with Gasteiger partial charge in [-0.3, -0.25) is 9.59 Å². The third-order valence-electron chi connectivity index (χ3n) is 3.88. The summed E-state index contributed by atoms with van der Waals surface area (Å²) in [6.07, 6.45) is 2.28. The number of carboxylic acids is 1. The molecule has 1 aliphatic heterocycles. The highest BCUT2D eigenvalue weighted by molar-refractivity contribution is 5.79. The third-order valence-corrected chi connectivity index (χ3v) is 3.88. The van der Waals surface area contributed by atoms with Gasteiger partial charge in [0.05, 0.1) is 25.2 Å². The number of ether oxygens (including phenoxy) is 2. The van der Waals surface area contributed by atoms with E-state index in [0.29, 0.717) is 12.2 Å². The fourth-order valence-corrected chi connectivity index (χ4v) is 2.50. The number of benzene rings is 1. The number of carbonyl (C=O) groups excluding carboxylic acids is 1. The van der Waals surface area contributed by atoms with Gasteiger partial charge in [-0.2, -0.15) is 0 Å². The SMILES string of the molecule is O=C(CCOCC1CCCO1)NCC(C(=O)O)c1ccc(F)cc1. The molecule has 1 saturated heterocycles. The van der Waals surface area contributed by atoms with Gasteiger partial charge >= 0.3 is 5.97 Å². The number of nitrogens with one attached hydrogen (secondary N) is 1. The van der Waals surface area contributed by atoms with Crippen molar-refractivity contribution in [1.29, 1.82) is 0 Å². The van der Waals surface area contributed by atoms with Gasteiger partial charge in [-0.25, -0.2) is 4.39 Å². The van der Waals surface area contributed by atoms with Crippen LogP contribution in [-0.2, 0) is 19.1 Å². The molecule has 0 saturated carbocycles. The van der Waals surface area contributed by atoms with Gasteiger partial charge in [0.15, 0.2) is 0 Å². The number of carboxylic acid groups (broad SMARTS) is 1. The maximum Gasteiger partial charge on any atom is 0.312 e. The minimum atomic E-state index is -1.07. The van der Waals surface area contributed by atoms with Gasteiger partial charge in [0, 0.05) is 19.6 Å². The normalized spacial score (nSPS) is 18.3. The van der Waals surface area contributed by atoms with Crippen LogP contribution in [0.15, 0.2) is 24.3 Å². The minimum absolute atomic E-state index is 0.0501. The minimum Gasteiger partial charge on any atom is -0.481 e. The summed E-state index contributed by atoms with van der Waals surface area (Å²) in [5, 5.41) is 11.8. The molecule has 2 rings (SSSR count). The van der Waals surface area contributed by atoms with E-state index in [1.54, 1.807) is 0 Å². The second kappa shape index (κ2) is 9.34. The lowest BCUT2D eigenvalue weighted by Gasteiger charge is -2.14. The van der Waals surface area contributed by atoms with E-state index in [1.807, 2.05) is 0 Å². The molecule has 2 unspecified atom stereocenters. The quantitative estimate of drug-likeness (QED) is 0.669. The van der Waals surface area contributed by atoms with Gasteiger partial charge in [0.25, 0.3) is 0 Å². The predicted molar refractivity (Wildman–Crippen MR) is 84.2 cm³/mol. The first-order chi connectivity index (χ1) is 11.6. The second-order valence-electron chi connectivity index (χ2n) is 5.71. The van der Waals surface area contributed by atoms with E-state index in [4.69, 9.17) is 9.47 Å². The molecule has 1 aromatic carbocycles. The van der Waals surface area contributed by atoms with Crippen LogP contribution in [0.4, 0.5) is 4.39 Å². The van der Waals surface area contributed by atoms with E-state index in [9.17, 15) is 19.1 Å². The molecule has 1 aliphatic rings. The van der Waals surface area contributed by atoms with Gasteiger partial charge in [-0.15, -0.1) is 0 Å². The van der Waals surface area contributed by atoms with E-state index in [-0.39, 0.29) is 31.6 Å². The maximum atomic E-state index is 12.9. The summed E-state index contributed by atoms with van der Waals surface area (Å²) in [5.41, 5.74) is 0.443. The lowest BCUT2D eigenvalue weighted by molar-refractivity contribution is -0.138. The molecule has 0 radical (unpaired) electrons. The van der Waals surface area contributed by atoms with Gasteiger partial charge in [-0.1, -0.05) is 12.1 Å². The molecule has 6 nitrogen and oxygen atoms in total. The van der Waals surface area contributed by atoms with Crippen molar-refractivity contribution in [2.75, 3.05) is 26.4 Å². The van der Waals surface area contributed by atoms with E-state index in [1.165, 1.54) is 24.3 Å². The van der Waals surface area contributed by atoms with Crippen molar-refractivity contribution >= 4 is 11.9 Å². The van der Waals surface area contributed by atoms with Crippen molar-refractivity contribution in [3.05, 3.63) is 35.6 Å². The summed E-state index contributed by atoms with van der Waals surface area (Å²) < 4.78 is 23.7. The zero-order chi connectivity index (χ0) is 17.4. The molecule has 1 amide bonds. The summed E-state index contributed by atoms with van der Waals surface area (Å²) in [6, 6.07) is 5.22. The van der Waals surface area contributed by atoms with Crippen LogP contribution in [0, 0.1) is 5.82 Å². The van der Waals surface area contributed by atoms with Crippen LogP contribution in [0.2, 0.25) is 0 Å². The van der Waals surface area contributed by atoms with Crippen molar-refractivity contribution in [3.63, 3.8) is 0 Å². The van der Waals surface area contributed by atoms with Crippen molar-refractivity contribution in [3.8, 4) is 0 Å². The monoisotopic (exact) mass is 339 g/mol. The van der Waals surface area contributed by atoms with Gasteiger partial charge < -0.3 is 19.9 Å². The molecule has 0 aliphatic carbocycles. The number of rotatable bonds is 9. The van der Waals surface area contributed by atoms with Crippen LogP contribution < -0.4 is 5.32 Å². The number of halogens is 1. The molecule has 1 heterocycles. The number of amides is 1. The van der Waals surface area contributed by atoms with Crippen LogP contribution in [0.1, 0.15) is 30.7 Å². The summed E-state index contributed by atoms with van der Waals surface area (Å²) >= 11 is 0. The molecule has 2 N–H and O–H groups in total. The number of hydrogen-bond acceptors (Lipinski definition) is 4. The first-order valence-corrected chi connectivity index (χ1v) is 8.00. The molecular formula is C17H22FNO5. The van der Waals surface area contributed by atoms with E-state index in [2.05, 4.69) is 5.32 Å². The third kappa shape index (κ3) is 5.90. The van der Waals surface area contributed by atoms with Crippen LogP contribution in [0.5, 0.6) is 0 Å². The molecule has 2 atom stereocenters. The Morgan fingerprint density at radius 2 is 2.12 bits per heavy atom. The zero-order valence-electron chi connectivity index (χ0n) is 13.4. The Balaban J connectivity index is 1.69. The first kappa shape index (κ1) is 18.4. The largest absolute Gasteiger partial charge is 0.481 e. The van der Waals surface area contributed by atoms with Crippen LogP contribution in [0.3, 0.4) is 0 Å². The molecule has 24 heavy (non-hydrogen) atoms. The fraction of sp³-hybridized carbons (Fsp3) is 0.529. The van der Waals surface area contributed by atoms with Gasteiger partial charge in [0.1, 0.15) is 5.82 Å². The Morgan fingerprint density at radius 3 is 2.75 bits per heavy atom. The smallest absolute Gasteiger partial charge is 0.312 e. The van der Waals surface area contributed by atoms with Crippen molar-refractivity contribution in [1.82, 2.24) is 5.32 Å². The Bertz CT molecular complexity index is 542. The topological polar surface area (TPSA) is 84.9 Å². The Kier molecular flexibility index (Phi) is 7.14. The number of carbonyl (C=O) groups is 2. The average molecular weight is 339 g/mol. The lowest BCUT2D eigenvalue weighted by Crippen LogP contribution is -2.32. The van der Waals surface area contributed by atoms with Crippen molar-refractivity contribution in [2.24, 2.45) is 0 Å². The molecule has 132 valence electrons. The standard InChI is InChI=1S/C17H22FNO5/c18-13-5-3-12(4-6-13)15(17(21)22)10-19-16(20)7-9-23-11-14-2-1-8-24-14/h3-6,14-15H,1-2,7-11H2,(H,19,20)(H,21,22). The summed E-state index contributed by atoms with van der Waals surface area (Å²) in [6.45, 7) is 1.45. The Hall–Kier alpha value is -1.99. The fourth-order valence-electron chi connectivity index (χ4n) is 2.50. The molecule has 1 fully saturated rings.